The molecule has 1 aliphatic carbocycles. The number of thiazole rings is 1. The number of nitrogens with one attached hydrogen (secondary N) is 1. The molecule has 0 saturated heterocycles. The van der Waals surface area contributed by atoms with E-state index in [1.165, 1.54) is 29.7 Å². The van der Waals surface area contributed by atoms with Crippen molar-refractivity contribution in [2.45, 2.75) is 31.9 Å². The van der Waals surface area contributed by atoms with Crippen molar-refractivity contribution in [2.75, 3.05) is 0 Å². The van der Waals surface area contributed by atoms with Crippen LogP contribution in [0.25, 0.3) is 0 Å². The van der Waals surface area contributed by atoms with Crippen LogP contribution < -0.4 is 5.32 Å². The minimum atomic E-state index is -0.202. The van der Waals surface area contributed by atoms with Gasteiger partial charge in [-0.25, -0.2) is 4.98 Å². The molecule has 5 heteroatoms. The fraction of sp³-hybridized carbons (Fsp3) is 0.333. The van der Waals surface area contributed by atoms with Gasteiger partial charge in [-0.1, -0.05) is 24.3 Å². The Kier molecular flexibility index (Phi) is 3.80. The van der Waals surface area contributed by atoms with Crippen LogP contribution in [0.4, 0.5) is 0 Å². The van der Waals surface area contributed by atoms with Crippen molar-refractivity contribution in [1.29, 1.82) is 0 Å². The zero-order valence-electron chi connectivity index (χ0n) is 11.0. The molecule has 0 aliphatic heterocycles. The van der Waals surface area contributed by atoms with Crippen LogP contribution in [-0.2, 0) is 13.2 Å². The van der Waals surface area contributed by atoms with Crippen LogP contribution >= 0.6 is 11.3 Å². The molecule has 3 rings (SSSR count). The number of hydrogen-bond acceptors (Lipinski definition) is 4. The Hall–Kier alpha value is -1.72. The van der Waals surface area contributed by atoms with Crippen LogP contribution in [0.2, 0.25) is 0 Å². The molecule has 0 unspecified atom stereocenters. The van der Waals surface area contributed by atoms with Gasteiger partial charge in [-0.2, -0.15) is 0 Å². The number of carbonyl (C=O) groups excluding carboxylic acids is 1. The lowest BCUT2D eigenvalue weighted by Crippen LogP contribution is -2.23. The molecule has 0 atom stereocenters. The monoisotopic (exact) mass is 288 g/mol. The highest BCUT2D eigenvalue weighted by Gasteiger charge is 2.22. The Balaban J connectivity index is 1.56. The highest BCUT2D eigenvalue weighted by Crippen LogP contribution is 2.39. The summed E-state index contributed by atoms with van der Waals surface area (Å²) < 4.78 is 0. The molecular formula is C15H16N2O2S. The summed E-state index contributed by atoms with van der Waals surface area (Å²) in [5.41, 5.74) is 2.85. The molecule has 1 fully saturated rings. The lowest BCUT2D eigenvalue weighted by molar-refractivity contribution is 0.0946. The summed E-state index contributed by atoms with van der Waals surface area (Å²) in [5.74, 6) is 0.553. The first-order valence-electron chi connectivity index (χ1n) is 6.68. The number of hydrogen-bond donors (Lipinski definition) is 2. The topological polar surface area (TPSA) is 62.2 Å². The molecule has 0 spiro atoms. The minimum absolute atomic E-state index is 0.124. The van der Waals surface area contributed by atoms with E-state index in [0.29, 0.717) is 17.2 Å². The van der Waals surface area contributed by atoms with E-state index < -0.39 is 0 Å². The second kappa shape index (κ2) is 5.73. The molecule has 2 N–H and O–H groups in total. The van der Waals surface area contributed by atoms with E-state index in [1.54, 1.807) is 5.38 Å². The number of amides is 1. The standard InChI is InChI=1S/C15H16N2O2S/c18-8-14-17-13(9-20-14)15(19)16-7-10-1-3-11(4-2-10)12-5-6-12/h1-4,9,12,18H,5-8H2,(H,16,19). The van der Waals surface area contributed by atoms with Crippen LogP contribution in [0.5, 0.6) is 0 Å². The van der Waals surface area contributed by atoms with Gasteiger partial charge in [0.25, 0.3) is 5.91 Å². The number of nitrogens with zero attached hydrogens (tertiary/aromatic N) is 1. The molecule has 2 aromatic rings. The van der Waals surface area contributed by atoms with Gasteiger partial charge in [0.05, 0.1) is 6.61 Å². The molecular weight excluding hydrogens is 272 g/mol. The number of aliphatic hydroxyl groups excluding tert-OH is 1. The average Bonchev–Trinajstić information content (AvgIpc) is 3.22. The van der Waals surface area contributed by atoms with E-state index in [2.05, 4.69) is 34.6 Å². The summed E-state index contributed by atoms with van der Waals surface area (Å²) in [6.45, 7) is 0.371. The number of aromatic nitrogens is 1. The second-order valence-electron chi connectivity index (χ2n) is 4.98. The molecule has 4 nitrogen and oxygen atoms in total. The normalized spacial score (nSPS) is 14.2. The van der Waals surface area contributed by atoms with Gasteiger partial charge in [-0.3, -0.25) is 4.79 Å². The third kappa shape index (κ3) is 3.05. The predicted molar refractivity (Wildman–Crippen MR) is 77.6 cm³/mol. The van der Waals surface area contributed by atoms with Crippen molar-refractivity contribution in [3.8, 4) is 0 Å². The molecule has 104 valence electrons. The average molecular weight is 288 g/mol. The molecule has 1 aromatic carbocycles. The van der Waals surface area contributed by atoms with Gasteiger partial charge in [0.1, 0.15) is 10.7 Å². The molecule has 0 radical (unpaired) electrons. The van der Waals surface area contributed by atoms with Gasteiger partial charge in [-0.15, -0.1) is 11.3 Å². The summed E-state index contributed by atoms with van der Waals surface area (Å²) in [6, 6.07) is 8.42. The summed E-state index contributed by atoms with van der Waals surface area (Å²) >= 11 is 1.29. The lowest BCUT2D eigenvalue weighted by Gasteiger charge is -2.05. The molecule has 1 aliphatic rings. The van der Waals surface area contributed by atoms with E-state index >= 15 is 0 Å². The molecule has 1 aromatic heterocycles. The van der Waals surface area contributed by atoms with E-state index in [0.717, 1.165) is 11.5 Å². The van der Waals surface area contributed by atoms with E-state index in [4.69, 9.17) is 5.11 Å². The van der Waals surface area contributed by atoms with Gasteiger partial charge >= 0.3 is 0 Å². The fourth-order valence-corrected chi connectivity index (χ4v) is 2.72. The van der Waals surface area contributed by atoms with Crippen LogP contribution in [0.3, 0.4) is 0 Å². The third-order valence-corrected chi connectivity index (χ3v) is 4.23. The summed E-state index contributed by atoms with van der Waals surface area (Å²) in [5, 5.41) is 14.0. The Labute approximate surface area is 121 Å². The number of benzene rings is 1. The van der Waals surface area contributed by atoms with Crippen LogP contribution in [0.15, 0.2) is 29.6 Å². The smallest absolute Gasteiger partial charge is 0.271 e. The zero-order valence-corrected chi connectivity index (χ0v) is 11.8. The Morgan fingerprint density at radius 3 is 2.70 bits per heavy atom. The van der Waals surface area contributed by atoms with E-state index in [1.807, 2.05) is 0 Å². The summed E-state index contributed by atoms with van der Waals surface area (Å²) in [6.07, 6.45) is 2.60. The van der Waals surface area contributed by atoms with Crippen LogP contribution in [-0.4, -0.2) is 16.0 Å². The Morgan fingerprint density at radius 2 is 2.10 bits per heavy atom. The maximum Gasteiger partial charge on any atom is 0.271 e. The van der Waals surface area contributed by atoms with Crippen molar-refractivity contribution in [1.82, 2.24) is 10.3 Å². The van der Waals surface area contributed by atoms with Crippen LogP contribution in [0.1, 0.15) is 45.4 Å². The van der Waals surface area contributed by atoms with Gasteiger partial charge in [-0.05, 0) is 29.9 Å². The maximum absolute atomic E-state index is 11.9. The zero-order chi connectivity index (χ0) is 13.9. The quantitative estimate of drug-likeness (QED) is 0.888. The SMILES string of the molecule is O=C(NCc1ccc(C2CC2)cc1)c1csc(CO)n1. The number of carbonyl (C=O) groups is 1. The van der Waals surface area contributed by atoms with Gasteiger partial charge in [0.15, 0.2) is 0 Å². The fourth-order valence-electron chi connectivity index (χ4n) is 2.09. The highest BCUT2D eigenvalue weighted by molar-refractivity contribution is 7.09. The summed E-state index contributed by atoms with van der Waals surface area (Å²) in [4.78, 5) is 15.9. The maximum atomic E-state index is 11.9. The predicted octanol–water partition coefficient (Wildman–Crippen LogP) is 2.44. The van der Waals surface area contributed by atoms with Crippen LogP contribution in [0, 0.1) is 0 Å². The van der Waals surface area contributed by atoms with E-state index in [9.17, 15) is 4.79 Å². The first-order chi connectivity index (χ1) is 9.76. The largest absolute Gasteiger partial charge is 0.389 e. The third-order valence-electron chi connectivity index (χ3n) is 3.40. The first kappa shape index (κ1) is 13.3. The molecule has 1 heterocycles. The molecule has 0 bridgehead atoms. The highest BCUT2D eigenvalue weighted by atomic mass is 32.1. The van der Waals surface area contributed by atoms with Crippen molar-refractivity contribution < 1.29 is 9.90 Å². The lowest BCUT2D eigenvalue weighted by atomic mass is 10.1. The van der Waals surface area contributed by atoms with Crippen molar-refractivity contribution in [3.05, 3.63) is 51.5 Å². The number of rotatable bonds is 5. The molecule has 20 heavy (non-hydrogen) atoms. The first-order valence-corrected chi connectivity index (χ1v) is 7.56. The van der Waals surface area contributed by atoms with Crippen molar-refractivity contribution in [3.63, 3.8) is 0 Å². The molecule has 1 saturated carbocycles. The minimum Gasteiger partial charge on any atom is -0.389 e. The summed E-state index contributed by atoms with van der Waals surface area (Å²) in [7, 11) is 0. The van der Waals surface area contributed by atoms with E-state index in [-0.39, 0.29) is 12.5 Å². The van der Waals surface area contributed by atoms with Crippen molar-refractivity contribution >= 4 is 17.2 Å². The van der Waals surface area contributed by atoms with Gasteiger partial charge in [0, 0.05) is 11.9 Å². The second-order valence-corrected chi connectivity index (χ2v) is 5.93. The number of aliphatic hydroxyl groups is 1. The molecule has 1 amide bonds. The van der Waals surface area contributed by atoms with Gasteiger partial charge in [0.2, 0.25) is 0 Å². The van der Waals surface area contributed by atoms with Gasteiger partial charge < -0.3 is 10.4 Å². The Morgan fingerprint density at radius 1 is 1.35 bits per heavy atom. The van der Waals surface area contributed by atoms with Crippen molar-refractivity contribution in [2.24, 2.45) is 0 Å². The Bertz CT molecular complexity index is 603.